The van der Waals surface area contributed by atoms with Crippen molar-refractivity contribution in [2.45, 2.75) is 61.5 Å². The Kier molecular flexibility index (Phi) is 5.52. The maximum absolute atomic E-state index is 14.4. The first-order valence-corrected chi connectivity index (χ1v) is 11.7. The number of amides is 1. The Bertz CT molecular complexity index is 1110. The molecule has 1 amide bonds. The van der Waals surface area contributed by atoms with Crippen LogP contribution in [0.3, 0.4) is 0 Å². The third-order valence-electron chi connectivity index (χ3n) is 6.03. The Morgan fingerprint density at radius 3 is 2.71 bits per heavy atom. The molecule has 1 N–H and O–H groups in total. The fourth-order valence-corrected chi connectivity index (χ4v) is 5.18. The van der Waals surface area contributed by atoms with Gasteiger partial charge in [-0.3, -0.25) is 9.36 Å². The van der Waals surface area contributed by atoms with E-state index >= 15 is 0 Å². The molecule has 0 saturated heterocycles. The highest BCUT2D eigenvalue weighted by atomic mass is 32.2. The monoisotopic (exact) mass is 436 g/mol. The van der Waals surface area contributed by atoms with E-state index in [1.807, 2.05) is 17.6 Å². The molecule has 2 aromatic carbocycles. The largest absolute Gasteiger partial charge is 0.348 e. The van der Waals surface area contributed by atoms with Crippen molar-refractivity contribution < 1.29 is 9.18 Å². The molecule has 1 aromatic heterocycles. The predicted molar refractivity (Wildman–Crippen MR) is 119 cm³/mol. The van der Waals surface area contributed by atoms with Crippen LogP contribution in [0.2, 0.25) is 0 Å². The minimum atomic E-state index is -0.329. The summed E-state index contributed by atoms with van der Waals surface area (Å²) < 4.78 is 16.4. The van der Waals surface area contributed by atoms with E-state index in [0.29, 0.717) is 16.5 Å². The number of hydrogen-bond acceptors (Lipinski definition) is 4. The molecular formula is C24H25FN4OS. The molecule has 0 spiro atoms. The molecule has 5 rings (SSSR count). The summed E-state index contributed by atoms with van der Waals surface area (Å²) >= 11 is 1.39. The Balaban J connectivity index is 1.34. The summed E-state index contributed by atoms with van der Waals surface area (Å²) in [5.74, 6) is 0.219. The van der Waals surface area contributed by atoms with Crippen molar-refractivity contribution >= 4 is 17.7 Å². The Morgan fingerprint density at radius 1 is 1.13 bits per heavy atom. The smallest absolute Gasteiger partial charge is 0.233 e. The second-order valence-electron chi connectivity index (χ2n) is 8.30. The number of aryl methyl sites for hydroxylation is 1. The molecule has 160 valence electrons. The molecule has 0 radical (unpaired) electrons. The average molecular weight is 437 g/mol. The van der Waals surface area contributed by atoms with E-state index in [1.54, 1.807) is 18.2 Å². The summed E-state index contributed by atoms with van der Waals surface area (Å²) in [6, 6.07) is 15.3. The van der Waals surface area contributed by atoms with Crippen LogP contribution in [0.5, 0.6) is 0 Å². The van der Waals surface area contributed by atoms with Crippen LogP contribution in [0.25, 0.3) is 11.4 Å². The summed E-state index contributed by atoms with van der Waals surface area (Å²) in [7, 11) is 0. The molecule has 2 aliphatic carbocycles. The van der Waals surface area contributed by atoms with Crippen LogP contribution in [-0.4, -0.2) is 25.9 Å². The first-order chi connectivity index (χ1) is 15.1. The fraction of sp³-hybridized carbons (Fsp3) is 0.375. The van der Waals surface area contributed by atoms with E-state index in [-0.39, 0.29) is 29.1 Å². The lowest BCUT2D eigenvalue weighted by molar-refractivity contribution is -0.121. The molecule has 1 fully saturated rings. The summed E-state index contributed by atoms with van der Waals surface area (Å²) in [6.07, 6.45) is 5.14. The molecule has 2 aliphatic rings. The molecule has 7 heteroatoms. The molecule has 1 saturated carbocycles. The van der Waals surface area contributed by atoms with Crippen LogP contribution < -0.4 is 5.32 Å². The number of hydrogen-bond donors (Lipinski definition) is 1. The van der Waals surface area contributed by atoms with Gasteiger partial charge in [0.15, 0.2) is 11.0 Å². The fourth-order valence-electron chi connectivity index (χ4n) is 4.25. The van der Waals surface area contributed by atoms with Gasteiger partial charge in [-0.25, -0.2) is 4.39 Å². The number of rotatable bonds is 6. The number of fused-ring (bicyclic) bond motifs is 1. The number of benzene rings is 2. The van der Waals surface area contributed by atoms with Crippen molar-refractivity contribution in [3.05, 3.63) is 65.5 Å². The van der Waals surface area contributed by atoms with E-state index in [2.05, 4.69) is 33.7 Å². The van der Waals surface area contributed by atoms with Gasteiger partial charge in [-0.1, -0.05) is 48.2 Å². The highest BCUT2D eigenvalue weighted by Gasteiger charge is 2.32. The summed E-state index contributed by atoms with van der Waals surface area (Å²) in [5, 5.41) is 12.2. The zero-order chi connectivity index (χ0) is 21.4. The van der Waals surface area contributed by atoms with Crippen molar-refractivity contribution in [3.8, 4) is 11.4 Å². The molecule has 3 aromatic rings. The van der Waals surface area contributed by atoms with Gasteiger partial charge >= 0.3 is 0 Å². The van der Waals surface area contributed by atoms with Gasteiger partial charge in [0.05, 0.1) is 16.9 Å². The lowest BCUT2D eigenvalue weighted by atomic mass is 9.88. The first-order valence-electron chi connectivity index (χ1n) is 10.9. The van der Waals surface area contributed by atoms with Gasteiger partial charge < -0.3 is 5.32 Å². The second kappa shape index (κ2) is 8.46. The van der Waals surface area contributed by atoms with E-state index in [0.717, 1.165) is 32.1 Å². The average Bonchev–Trinajstić information content (AvgIpc) is 3.54. The van der Waals surface area contributed by atoms with Crippen LogP contribution in [0.15, 0.2) is 53.7 Å². The Morgan fingerprint density at radius 2 is 1.90 bits per heavy atom. The topological polar surface area (TPSA) is 59.8 Å². The van der Waals surface area contributed by atoms with Gasteiger partial charge in [-0.15, -0.1) is 10.2 Å². The van der Waals surface area contributed by atoms with E-state index in [4.69, 9.17) is 0 Å². The van der Waals surface area contributed by atoms with E-state index in [9.17, 15) is 9.18 Å². The van der Waals surface area contributed by atoms with Gasteiger partial charge in [-0.2, -0.15) is 0 Å². The van der Waals surface area contributed by atoms with E-state index in [1.165, 1.54) is 29.0 Å². The number of nitrogens with zero attached hydrogens (tertiary/aromatic N) is 3. The summed E-state index contributed by atoms with van der Waals surface area (Å²) in [5.41, 5.74) is 2.99. The summed E-state index contributed by atoms with van der Waals surface area (Å²) in [4.78, 5) is 13.0. The minimum absolute atomic E-state index is 0.00973. The third kappa shape index (κ3) is 4.11. The van der Waals surface area contributed by atoms with Gasteiger partial charge in [0, 0.05) is 6.04 Å². The zero-order valence-electron chi connectivity index (χ0n) is 17.4. The highest BCUT2D eigenvalue weighted by molar-refractivity contribution is 8.00. The van der Waals surface area contributed by atoms with Crippen LogP contribution in [-0.2, 0) is 11.2 Å². The zero-order valence-corrected chi connectivity index (χ0v) is 18.2. The SMILES string of the molecule is CC(Sc1nnc(-c2ccccc2F)n1C1CC1)C(=O)NC1CCCc2ccccc21. The predicted octanol–water partition coefficient (Wildman–Crippen LogP) is 5.09. The van der Waals surface area contributed by atoms with Crippen LogP contribution >= 0.6 is 11.8 Å². The lowest BCUT2D eigenvalue weighted by Crippen LogP contribution is -2.36. The van der Waals surface area contributed by atoms with Crippen LogP contribution in [0.4, 0.5) is 4.39 Å². The lowest BCUT2D eigenvalue weighted by Gasteiger charge is -2.27. The maximum atomic E-state index is 14.4. The number of halogens is 1. The van der Waals surface area contributed by atoms with Gasteiger partial charge in [-0.05, 0) is 62.3 Å². The first kappa shape index (κ1) is 20.2. The number of aromatic nitrogens is 3. The van der Waals surface area contributed by atoms with Gasteiger partial charge in [0.2, 0.25) is 5.91 Å². The number of carbonyl (C=O) groups is 1. The molecule has 0 aliphatic heterocycles. The number of thioether (sulfide) groups is 1. The van der Waals surface area contributed by atoms with Crippen molar-refractivity contribution in [2.24, 2.45) is 0 Å². The van der Waals surface area contributed by atoms with Crippen LogP contribution in [0, 0.1) is 5.82 Å². The van der Waals surface area contributed by atoms with Crippen molar-refractivity contribution in [1.82, 2.24) is 20.1 Å². The Hall–Kier alpha value is -2.67. The Labute approximate surface area is 185 Å². The molecule has 1 heterocycles. The second-order valence-corrected chi connectivity index (χ2v) is 9.61. The van der Waals surface area contributed by atoms with Crippen LogP contribution in [0.1, 0.15) is 55.8 Å². The standard InChI is InChI=1S/C24H25FN4OS/c1-15(23(30)26-21-12-6-8-16-7-2-3-9-18(16)21)31-24-28-27-22(29(24)17-13-14-17)19-10-4-5-11-20(19)25/h2-5,7,9-11,15,17,21H,6,8,12-14H2,1H3,(H,26,30). The van der Waals surface area contributed by atoms with Crippen molar-refractivity contribution in [2.75, 3.05) is 0 Å². The minimum Gasteiger partial charge on any atom is -0.348 e. The molecule has 2 atom stereocenters. The van der Waals surface area contributed by atoms with Crippen molar-refractivity contribution in [3.63, 3.8) is 0 Å². The molecular weight excluding hydrogens is 411 g/mol. The number of carbonyl (C=O) groups excluding carboxylic acids is 1. The highest BCUT2D eigenvalue weighted by Crippen LogP contribution is 2.42. The molecule has 5 nitrogen and oxygen atoms in total. The molecule has 31 heavy (non-hydrogen) atoms. The van der Waals surface area contributed by atoms with E-state index < -0.39 is 0 Å². The molecule has 2 unspecified atom stereocenters. The van der Waals surface area contributed by atoms with Gasteiger partial charge in [0.25, 0.3) is 0 Å². The summed E-state index contributed by atoms with van der Waals surface area (Å²) in [6.45, 7) is 1.89. The third-order valence-corrected chi connectivity index (χ3v) is 7.09. The normalized spacial score (nSPS) is 19.0. The number of nitrogens with one attached hydrogen (secondary N) is 1. The van der Waals surface area contributed by atoms with Gasteiger partial charge in [0.1, 0.15) is 5.82 Å². The quantitative estimate of drug-likeness (QED) is 0.547. The van der Waals surface area contributed by atoms with Crippen molar-refractivity contribution in [1.29, 1.82) is 0 Å². The molecule has 0 bridgehead atoms. The maximum Gasteiger partial charge on any atom is 0.233 e.